The zero-order valence-electron chi connectivity index (χ0n) is 13.4. The number of aryl methyl sites for hydroxylation is 1. The molecule has 1 atom stereocenters. The van der Waals surface area contributed by atoms with Gasteiger partial charge in [-0.15, -0.1) is 0 Å². The molecule has 3 rings (SSSR count). The number of hydrogen-bond acceptors (Lipinski definition) is 5. The van der Waals surface area contributed by atoms with Crippen LogP contribution in [0.4, 0.5) is 5.69 Å². The van der Waals surface area contributed by atoms with Gasteiger partial charge < -0.3 is 10.1 Å². The van der Waals surface area contributed by atoms with Gasteiger partial charge in [0.2, 0.25) is 5.91 Å². The van der Waals surface area contributed by atoms with Crippen molar-refractivity contribution in [1.82, 2.24) is 20.1 Å². The number of para-hydroxylation sites is 2. The van der Waals surface area contributed by atoms with Gasteiger partial charge in [-0.1, -0.05) is 12.1 Å². The Bertz CT molecular complexity index is 716. The van der Waals surface area contributed by atoms with Crippen molar-refractivity contribution in [2.24, 2.45) is 0 Å². The summed E-state index contributed by atoms with van der Waals surface area (Å²) in [5.74, 6) is 0.195. The van der Waals surface area contributed by atoms with Crippen molar-refractivity contribution >= 4 is 17.5 Å². The summed E-state index contributed by atoms with van der Waals surface area (Å²) >= 11 is 0. The number of amides is 2. The Labute approximate surface area is 139 Å². The average Bonchev–Trinajstić information content (AvgIpc) is 3.09. The fourth-order valence-corrected chi connectivity index (χ4v) is 2.54. The molecule has 1 aromatic heterocycles. The highest BCUT2D eigenvalue weighted by atomic mass is 16.5. The van der Waals surface area contributed by atoms with Crippen LogP contribution in [0.15, 0.2) is 36.9 Å². The third kappa shape index (κ3) is 3.53. The Morgan fingerprint density at radius 3 is 3.00 bits per heavy atom. The highest BCUT2D eigenvalue weighted by molar-refractivity contribution is 6.03. The molecule has 1 aromatic carbocycles. The second kappa shape index (κ2) is 7.12. The van der Waals surface area contributed by atoms with E-state index in [1.165, 1.54) is 11.2 Å². The number of carbonyl (C=O) groups is 2. The van der Waals surface area contributed by atoms with Gasteiger partial charge in [0.25, 0.3) is 5.91 Å². The van der Waals surface area contributed by atoms with Crippen LogP contribution in [0.3, 0.4) is 0 Å². The maximum absolute atomic E-state index is 12.3. The highest BCUT2D eigenvalue weighted by Gasteiger charge is 2.32. The van der Waals surface area contributed by atoms with Crippen LogP contribution in [0.5, 0.6) is 5.75 Å². The maximum Gasteiger partial charge on any atom is 0.268 e. The number of hydrogen-bond donors (Lipinski definition) is 1. The molecule has 24 heavy (non-hydrogen) atoms. The first kappa shape index (κ1) is 16.0. The molecule has 1 N–H and O–H groups in total. The van der Waals surface area contributed by atoms with Crippen LogP contribution >= 0.6 is 0 Å². The topological polar surface area (TPSA) is 89.3 Å². The number of nitrogens with one attached hydrogen (secondary N) is 1. The number of nitrogens with zero attached hydrogens (tertiary/aromatic N) is 4. The Balaban J connectivity index is 1.54. The molecule has 1 aliphatic rings. The van der Waals surface area contributed by atoms with Gasteiger partial charge in [0.1, 0.15) is 24.9 Å². The first-order valence-corrected chi connectivity index (χ1v) is 7.81. The molecule has 8 heteroatoms. The molecule has 2 amide bonds. The number of aromatic nitrogens is 3. The Hall–Kier alpha value is -2.90. The molecule has 1 aliphatic heterocycles. The minimum absolute atomic E-state index is 0.0210. The lowest BCUT2D eigenvalue weighted by atomic mass is 10.2. The van der Waals surface area contributed by atoms with Gasteiger partial charge in [0.15, 0.2) is 6.10 Å². The summed E-state index contributed by atoms with van der Waals surface area (Å²) in [5, 5.41) is 6.82. The van der Waals surface area contributed by atoms with Crippen LogP contribution in [0.25, 0.3) is 0 Å². The number of benzene rings is 1. The largest absolute Gasteiger partial charge is 0.479 e. The molecule has 0 bridgehead atoms. The van der Waals surface area contributed by atoms with E-state index < -0.39 is 6.10 Å². The fourth-order valence-electron chi connectivity index (χ4n) is 2.54. The summed E-state index contributed by atoms with van der Waals surface area (Å²) in [6.07, 6.45) is 3.24. The van der Waals surface area contributed by atoms with Crippen LogP contribution in [0, 0.1) is 0 Å². The minimum Gasteiger partial charge on any atom is -0.479 e. The number of fused-ring (bicyclic) bond motifs is 1. The molecule has 126 valence electrons. The van der Waals surface area contributed by atoms with Crippen molar-refractivity contribution in [3.05, 3.63) is 36.9 Å². The molecule has 2 aromatic rings. The third-order valence-electron chi connectivity index (χ3n) is 3.73. The number of ether oxygens (including phenoxy) is 1. The van der Waals surface area contributed by atoms with Gasteiger partial charge in [0, 0.05) is 13.1 Å². The molecule has 8 nitrogen and oxygen atoms in total. The van der Waals surface area contributed by atoms with Gasteiger partial charge in [0.05, 0.1) is 5.69 Å². The Morgan fingerprint density at radius 1 is 1.38 bits per heavy atom. The lowest BCUT2D eigenvalue weighted by Crippen LogP contribution is -2.48. The molecule has 0 aliphatic carbocycles. The van der Waals surface area contributed by atoms with E-state index in [2.05, 4.69) is 15.4 Å². The van der Waals surface area contributed by atoms with E-state index in [0.717, 1.165) is 6.42 Å². The van der Waals surface area contributed by atoms with E-state index >= 15 is 0 Å². The summed E-state index contributed by atoms with van der Waals surface area (Å²) < 4.78 is 7.26. The Morgan fingerprint density at radius 2 is 2.21 bits per heavy atom. The van der Waals surface area contributed by atoms with Crippen molar-refractivity contribution in [2.45, 2.75) is 26.0 Å². The van der Waals surface area contributed by atoms with E-state index in [0.29, 0.717) is 24.5 Å². The predicted molar refractivity (Wildman–Crippen MR) is 86.5 cm³/mol. The van der Waals surface area contributed by atoms with E-state index in [-0.39, 0.29) is 18.4 Å². The molecule has 1 unspecified atom stereocenters. The molecular formula is C16H19N5O3. The molecule has 0 radical (unpaired) electrons. The molecule has 0 saturated heterocycles. The summed E-state index contributed by atoms with van der Waals surface area (Å²) in [7, 11) is 0. The average molecular weight is 329 g/mol. The number of rotatable bonds is 6. The fraction of sp³-hybridized carbons (Fsp3) is 0.375. The smallest absolute Gasteiger partial charge is 0.268 e. The van der Waals surface area contributed by atoms with E-state index in [1.807, 2.05) is 12.1 Å². The molecule has 0 fully saturated rings. The first-order valence-electron chi connectivity index (χ1n) is 7.81. The molecular weight excluding hydrogens is 310 g/mol. The van der Waals surface area contributed by atoms with E-state index in [1.54, 1.807) is 30.1 Å². The van der Waals surface area contributed by atoms with E-state index in [9.17, 15) is 9.59 Å². The molecule has 2 heterocycles. The van der Waals surface area contributed by atoms with Crippen LogP contribution in [-0.4, -0.2) is 45.8 Å². The van der Waals surface area contributed by atoms with Gasteiger partial charge in [-0.3, -0.25) is 19.2 Å². The normalized spacial score (nSPS) is 16.5. The van der Waals surface area contributed by atoms with Gasteiger partial charge in [-0.2, -0.15) is 5.10 Å². The maximum atomic E-state index is 12.3. The highest BCUT2D eigenvalue weighted by Crippen LogP contribution is 2.33. The second-order valence-corrected chi connectivity index (χ2v) is 5.51. The number of anilines is 1. The quantitative estimate of drug-likeness (QED) is 0.784. The van der Waals surface area contributed by atoms with Gasteiger partial charge >= 0.3 is 0 Å². The zero-order chi connectivity index (χ0) is 16.9. The van der Waals surface area contributed by atoms with Crippen LogP contribution in [0.2, 0.25) is 0 Å². The summed E-state index contributed by atoms with van der Waals surface area (Å²) in [6.45, 7) is 2.85. The summed E-state index contributed by atoms with van der Waals surface area (Å²) in [5.41, 5.74) is 0.623. The third-order valence-corrected chi connectivity index (χ3v) is 3.73. The van der Waals surface area contributed by atoms with Crippen molar-refractivity contribution in [2.75, 3.05) is 18.0 Å². The van der Waals surface area contributed by atoms with Crippen molar-refractivity contribution < 1.29 is 14.3 Å². The van der Waals surface area contributed by atoms with Gasteiger partial charge in [-0.25, -0.2) is 4.98 Å². The first-order chi connectivity index (χ1) is 11.6. The van der Waals surface area contributed by atoms with Gasteiger partial charge in [-0.05, 0) is 25.5 Å². The van der Waals surface area contributed by atoms with Crippen LogP contribution in [-0.2, 0) is 16.1 Å². The minimum atomic E-state index is -0.597. The summed E-state index contributed by atoms with van der Waals surface area (Å²) in [6, 6.07) is 7.22. The van der Waals surface area contributed by atoms with E-state index in [4.69, 9.17) is 4.74 Å². The van der Waals surface area contributed by atoms with Crippen LogP contribution in [0.1, 0.15) is 13.3 Å². The standard InChI is InChI=1S/C16H19N5O3/c1-12-16(23)21(13-5-2-3-6-14(13)24-12)9-15(22)18-7-4-8-20-11-17-10-19-20/h2-3,5-6,10-12H,4,7-9H2,1H3,(H,18,22). The number of carbonyl (C=O) groups excluding carboxylic acids is 2. The molecule has 0 saturated carbocycles. The second-order valence-electron chi connectivity index (χ2n) is 5.51. The lowest BCUT2D eigenvalue weighted by molar-refractivity contribution is -0.128. The Kier molecular flexibility index (Phi) is 4.74. The lowest BCUT2D eigenvalue weighted by Gasteiger charge is -2.32. The predicted octanol–water partition coefficient (Wildman–Crippen LogP) is 0.598. The molecule has 0 spiro atoms. The summed E-state index contributed by atoms with van der Waals surface area (Å²) in [4.78, 5) is 29.8. The van der Waals surface area contributed by atoms with Crippen molar-refractivity contribution in [3.63, 3.8) is 0 Å². The van der Waals surface area contributed by atoms with Crippen molar-refractivity contribution in [3.8, 4) is 5.75 Å². The zero-order valence-corrected chi connectivity index (χ0v) is 13.4. The van der Waals surface area contributed by atoms with Crippen LogP contribution < -0.4 is 15.0 Å². The monoisotopic (exact) mass is 329 g/mol. The van der Waals surface area contributed by atoms with Crippen molar-refractivity contribution in [1.29, 1.82) is 0 Å². The SMILES string of the molecule is CC1Oc2ccccc2N(CC(=O)NCCCn2cncn2)C1=O.